The standard InChI is InChI=1S/C25H30N8O2/c1-31-11-4-12-32(14-13-31)25-27-15-17-21(34)20(24(35)28-16-7-9-26-10-8-16)23-29-18-5-2-3-6-19(18)33(23)22(17)30-25/h2-3,5-6,15-16,26,29H,4,7-14H2,1H3,(H,28,35). The van der Waals surface area contributed by atoms with Gasteiger partial charge in [-0.25, -0.2) is 4.98 Å². The second-order valence-corrected chi connectivity index (χ2v) is 9.58. The fraction of sp³-hybridized carbons (Fsp3) is 0.440. The number of anilines is 1. The quantitative estimate of drug-likeness (QED) is 0.411. The normalized spacial score (nSPS) is 18.4. The number of H-pyrrole nitrogens is 1. The molecule has 10 heteroatoms. The Bertz CT molecular complexity index is 1470. The number of pyridine rings is 1. The number of para-hydroxylation sites is 2. The first-order valence-corrected chi connectivity index (χ1v) is 12.4. The van der Waals surface area contributed by atoms with Gasteiger partial charge in [0, 0.05) is 31.9 Å². The summed E-state index contributed by atoms with van der Waals surface area (Å²) in [6.07, 6.45) is 4.29. The van der Waals surface area contributed by atoms with Crippen LogP contribution in [0.15, 0.2) is 35.3 Å². The molecular formula is C25H30N8O2. The summed E-state index contributed by atoms with van der Waals surface area (Å²) in [6, 6.07) is 7.84. The van der Waals surface area contributed by atoms with E-state index in [9.17, 15) is 9.59 Å². The number of carbonyl (C=O) groups is 1. The number of rotatable bonds is 3. The molecule has 0 spiro atoms. The molecule has 1 amide bonds. The number of aromatic nitrogens is 4. The van der Waals surface area contributed by atoms with Gasteiger partial charge in [0.1, 0.15) is 11.2 Å². The molecule has 6 rings (SSSR count). The van der Waals surface area contributed by atoms with E-state index in [1.807, 2.05) is 28.7 Å². The summed E-state index contributed by atoms with van der Waals surface area (Å²) in [5, 5.41) is 6.73. The minimum absolute atomic E-state index is 0.0445. The van der Waals surface area contributed by atoms with Crippen molar-refractivity contribution in [1.29, 1.82) is 0 Å². The smallest absolute Gasteiger partial charge is 0.259 e. The van der Waals surface area contributed by atoms with Gasteiger partial charge in [-0.1, -0.05) is 12.1 Å². The first kappa shape index (κ1) is 22.0. The summed E-state index contributed by atoms with van der Waals surface area (Å²) in [5.74, 6) is 0.255. The lowest BCUT2D eigenvalue weighted by molar-refractivity contribution is 0.0930. The van der Waals surface area contributed by atoms with Crippen LogP contribution in [0, 0.1) is 0 Å². The molecule has 0 saturated carbocycles. The van der Waals surface area contributed by atoms with Gasteiger partial charge in [-0.05, 0) is 58.1 Å². The fourth-order valence-electron chi connectivity index (χ4n) is 5.24. The van der Waals surface area contributed by atoms with E-state index in [1.165, 1.54) is 0 Å². The highest BCUT2D eigenvalue weighted by Crippen LogP contribution is 2.24. The number of fused-ring (bicyclic) bond motifs is 5. The largest absolute Gasteiger partial charge is 0.349 e. The van der Waals surface area contributed by atoms with Crippen molar-refractivity contribution < 1.29 is 4.79 Å². The third-order valence-corrected chi connectivity index (χ3v) is 7.20. The first-order chi connectivity index (χ1) is 17.1. The average Bonchev–Trinajstić information content (AvgIpc) is 3.11. The van der Waals surface area contributed by atoms with Crippen LogP contribution in [0.3, 0.4) is 0 Å². The molecule has 35 heavy (non-hydrogen) atoms. The molecule has 2 saturated heterocycles. The molecule has 2 aliphatic rings. The molecule has 0 aliphatic carbocycles. The predicted octanol–water partition coefficient (Wildman–Crippen LogP) is 1.35. The Hall–Kier alpha value is -3.50. The number of imidazole rings is 1. The zero-order valence-corrected chi connectivity index (χ0v) is 19.9. The van der Waals surface area contributed by atoms with E-state index >= 15 is 0 Å². The summed E-state index contributed by atoms with van der Waals surface area (Å²) in [4.78, 5) is 44.4. The molecule has 4 aromatic rings. The number of likely N-dealkylation sites (N-methyl/N-ethyl adjacent to an activating group) is 1. The van der Waals surface area contributed by atoms with Crippen LogP contribution in [0.5, 0.6) is 0 Å². The Balaban J connectivity index is 1.53. The Morgan fingerprint density at radius 3 is 2.80 bits per heavy atom. The van der Waals surface area contributed by atoms with Gasteiger partial charge in [0.05, 0.1) is 16.4 Å². The molecule has 1 aromatic carbocycles. The zero-order chi connectivity index (χ0) is 23.9. The van der Waals surface area contributed by atoms with Gasteiger partial charge in [-0.2, -0.15) is 4.98 Å². The summed E-state index contributed by atoms with van der Waals surface area (Å²) >= 11 is 0. The van der Waals surface area contributed by atoms with E-state index in [1.54, 1.807) is 6.20 Å². The van der Waals surface area contributed by atoms with E-state index < -0.39 is 0 Å². The monoisotopic (exact) mass is 474 g/mol. The molecule has 0 radical (unpaired) electrons. The van der Waals surface area contributed by atoms with E-state index in [0.717, 1.165) is 69.6 Å². The lowest BCUT2D eigenvalue weighted by Gasteiger charge is -2.23. The predicted molar refractivity (Wildman–Crippen MR) is 136 cm³/mol. The van der Waals surface area contributed by atoms with Crippen LogP contribution < -0.4 is 21.0 Å². The number of amides is 1. The number of hydrogen-bond acceptors (Lipinski definition) is 7. The van der Waals surface area contributed by atoms with Crippen molar-refractivity contribution in [2.24, 2.45) is 0 Å². The van der Waals surface area contributed by atoms with Gasteiger partial charge in [-0.3, -0.25) is 14.0 Å². The highest BCUT2D eigenvalue weighted by Gasteiger charge is 2.26. The van der Waals surface area contributed by atoms with E-state index in [2.05, 4.69) is 37.4 Å². The summed E-state index contributed by atoms with van der Waals surface area (Å²) < 4.78 is 1.90. The molecule has 2 aliphatic heterocycles. The number of nitrogens with zero attached hydrogens (tertiary/aromatic N) is 5. The molecule has 3 aromatic heterocycles. The van der Waals surface area contributed by atoms with Crippen LogP contribution in [0.2, 0.25) is 0 Å². The number of benzene rings is 1. The van der Waals surface area contributed by atoms with Crippen molar-refractivity contribution in [1.82, 2.24) is 34.9 Å². The van der Waals surface area contributed by atoms with Crippen LogP contribution in [-0.4, -0.2) is 82.5 Å². The Labute approximate surface area is 202 Å². The molecule has 0 atom stereocenters. The number of nitrogens with one attached hydrogen (secondary N) is 3. The maximum absolute atomic E-state index is 13.7. The van der Waals surface area contributed by atoms with Crippen molar-refractivity contribution in [3.05, 3.63) is 46.2 Å². The van der Waals surface area contributed by atoms with E-state index in [0.29, 0.717) is 22.6 Å². The van der Waals surface area contributed by atoms with Gasteiger partial charge in [0.15, 0.2) is 5.65 Å². The molecule has 5 heterocycles. The van der Waals surface area contributed by atoms with Gasteiger partial charge in [-0.15, -0.1) is 0 Å². The van der Waals surface area contributed by atoms with Crippen molar-refractivity contribution in [3.63, 3.8) is 0 Å². The minimum atomic E-state index is -0.354. The van der Waals surface area contributed by atoms with E-state index in [4.69, 9.17) is 4.98 Å². The van der Waals surface area contributed by atoms with Crippen LogP contribution in [-0.2, 0) is 0 Å². The number of carbonyl (C=O) groups excluding carboxylic acids is 1. The average molecular weight is 475 g/mol. The minimum Gasteiger partial charge on any atom is -0.349 e. The molecule has 2 fully saturated rings. The molecule has 10 nitrogen and oxygen atoms in total. The van der Waals surface area contributed by atoms with Crippen LogP contribution in [0.25, 0.3) is 27.7 Å². The Kier molecular flexibility index (Phi) is 5.62. The molecular weight excluding hydrogens is 444 g/mol. The van der Waals surface area contributed by atoms with Crippen LogP contribution >= 0.6 is 0 Å². The maximum atomic E-state index is 13.7. The van der Waals surface area contributed by atoms with Gasteiger partial charge in [0.2, 0.25) is 11.4 Å². The second-order valence-electron chi connectivity index (χ2n) is 9.58. The van der Waals surface area contributed by atoms with Crippen molar-refractivity contribution in [2.75, 3.05) is 51.2 Å². The second kappa shape index (κ2) is 8.94. The SMILES string of the molecule is CN1CCCN(c2ncc3c(=O)c(C(=O)NC4CCNCC4)c4[nH]c5ccccc5n4c3n2)CC1. The number of piperidine rings is 1. The third kappa shape index (κ3) is 3.92. The first-order valence-electron chi connectivity index (χ1n) is 12.4. The summed E-state index contributed by atoms with van der Waals surface area (Å²) in [5.41, 5.74) is 2.45. The highest BCUT2D eigenvalue weighted by atomic mass is 16.2. The Morgan fingerprint density at radius 2 is 1.94 bits per heavy atom. The fourth-order valence-corrected chi connectivity index (χ4v) is 5.24. The van der Waals surface area contributed by atoms with Gasteiger partial charge >= 0.3 is 0 Å². The molecule has 0 unspecified atom stereocenters. The van der Waals surface area contributed by atoms with Gasteiger partial charge in [0.25, 0.3) is 5.91 Å². The highest BCUT2D eigenvalue weighted by molar-refractivity contribution is 6.05. The van der Waals surface area contributed by atoms with Crippen molar-refractivity contribution in [2.45, 2.75) is 25.3 Å². The number of hydrogen-bond donors (Lipinski definition) is 3. The van der Waals surface area contributed by atoms with E-state index in [-0.39, 0.29) is 22.9 Å². The molecule has 0 bridgehead atoms. The van der Waals surface area contributed by atoms with Crippen molar-refractivity contribution in [3.8, 4) is 0 Å². The van der Waals surface area contributed by atoms with Gasteiger partial charge < -0.3 is 25.4 Å². The van der Waals surface area contributed by atoms with Crippen LogP contribution in [0.4, 0.5) is 5.95 Å². The Morgan fingerprint density at radius 1 is 1.11 bits per heavy atom. The molecule has 3 N–H and O–H groups in total. The zero-order valence-electron chi connectivity index (χ0n) is 19.9. The van der Waals surface area contributed by atoms with Crippen LogP contribution in [0.1, 0.15) is 29.6 Å². The number of aromatic amines is 1. The summed E-state index contributed by atoms with van der Waals surface area (Å²) in [6.45, 7) is 5.35. The lowest BCUT2D eigenvalue weighted by Crippen LogP contribution is -2.44. The topological polar surface area (TPSA) is 111 Å². The van der Waals surface area contributed by atoms with Crippen molar-refractivity contribution >= 4 is 39.6 Å². The third-order valence-electron chi connectivity index (χ3n) is 7.20. The lowest BCUT2D eigenvalue weighted by atomic mass is 10.1. The summed E-state index contributed by atoms with van der Waals surface area (Å²) in [7, 11) is 2.12. The molecule has 182 valence electrons. The maximum Gasteiger partial charge on any atom is 0.259 e.